The summed E-state index contributed by atoms with van der Waals surface area (Å²) in [6.45, 7) is 10.6. The summed E-state index contributed by atoms with van der Waals surface area (Å²) in [6, 6.07) is 0.553. The van der Waals surface area contributed by atoms with Crippen LogP contribution >= 0.6 is 0 Å². The maximum atomic E-state index is 9.63. The minimum Gasteiger partial charge on any atom is -0.393 e. The predicted molar refractivity (Wildman–Crippen MR) is 64.5 cm³/mol. The number of ether oxygens (including phenoxy) is 1. The van der Waals surface area contributed by atoms with Crippen molar-refractivity contribution in [2.75, 3.05) is 13.1 Å². The van der Waals surface area contributed by atoms with Gasteiger partial charge in [0.15, 0.2) is 0 Å². The SMILES string of the molecule is CC1(C)CN(C2CCC(O)C2)CC(C)(C)O1. The zero-order valence-electron chi connectivity index (χ0n) is 11.0. The molecule has 2 rings (SSSR count). The standard InChI is InChI=1S/C13H25NO2/c1-12(2)8-14(9-13(3,4)16-12)10-5-6-11(15)7-10/h10-11,15H,5-9H2,1-4H3. The molecular formula is C13H25NO2. The Labute approximate surface area is 98.8 Å². The second-order valence-electron chi connectivity index (χ2n) is 6.65. The van der Waals surface area contributed by atoms with Gasteiger partial charge >= 0.3 is 0 Å². The lowest BCUT2D eigenvalue weighted by Gasteiger charge is -2.49. The van der Waals surface area contributed by atoms with Gasteiger partial charge in [0.1, 0.15) is 0 Å². The van der Waals surface area contributed by atoms with Crippen LogP contribution in [0.15, 0.2) is 0 Å². The van der Waals surface area contributed by atoms with Gasteiger partial charge in [-0.25, -0.2) is 0 Å². The van der Waals surface area contributed by atoms with E-state index in [0.717, 1.165) is 32.4 Å². The molecule has 94 valence electrons. The number of hydrogen-bond donors (Lipinski definition) is 1. The Bertz CT molecular complexity index is 247. The molecule has 1 saturated heterocycles. The molecule has 1 aliphatic carbocycles. The first-order chi connectivity index (χ1) is 7.27. The minimum atomic E-state index is -0.0842. The molecule has 0 aromatic heterocycles. The quantitative estimate of drug-likeness (QED) is 0.741. The van der Waals surface area contributed by atoms with Gasteiger partial charge < -0.3 is 9.84 Å². The van der Waals surface area contributed by atoms with Crippen molar-refractivity contribution >= 4 is 0 Å². The molecule has 1 aliphatic heterocycles. The Morgan fingerprint density at radius 2 is 1.62 bits per heavy atom. The molecule has 2 unspecified atom stereocenters. The first kappa shape index (κ1) is 12.3. The van der Waals surface area contributed by atoms with Crippen molar-refractivity contribution in [3.05, 3.63) is 0 Å². The number of nitrogens with zero attached hydrogens (tertiary/aromatic N) is 1. The van der Waals surface area contributed by atoms with E-state index in [4.69, 9.17) is 4.74 Å². The van der Waals surface area contributed by atoms with Gasteiger partial charge in [0.2, 0.25) is 0 Å². The lowest BCUT2D eigenvalue weighted by molar-refractivity contribution is -0.187. The third-order valence-electron chi connectivity index (χ3n) is 3.61. The fraction of sp³-hybridized carbons (Fsp3) is 1.00. The molecule has 1 heterocycles. The second-order valence-corrected chi connectivity index (χ2v) is 6.65. The van der Waals surface area contributed by atoms with E-state index >= 15 is 0 Å². The first-order valence-corrected chi connectivity index (χ1v) is 6.40. The fourth-order valence-electron chi connectivity index (χ4n) is 3.37. The van der Waals surface area contributed by atoms with Crippen LogP contribution in [0.2, 0.25) is 0 Å². The molecule has 2 fully saturated rings. The Hall–Kier alpha value is -0.120. The van der Waals surface area contributed by atoms with Crippen LogP contribution in [0.3, 0.4) is 0 Å². The molecule has 1 N–H and O–H groups in total. The van der Waals surface area contributed by atoms with Crippen molar-refractivity contribution in [3.63, 3.8) is 0 Å². The topological polar surface area (TPSA) is 32.7 Å². The van der Waals surface area contributed by atoms with E-state index < -0.39 is 0 Å². The van der Waals surface area contributed by atoms with Crippen LogP contribution in [0.4, 0.5) is 0 Å². The lowest BCUT2D eigenvalue weighted by atomic mass is 9.97. The average molecular weight is 227 g/mol. The van der Waals surface area contributed by atoms with Crippen LogP contribution in [-0.4, -0.2) is 46.4 Å². The molecule has 0 spiro atoms. The predicted octanol–water partition coefficient (Wildman–Crippen LogP) is 1.79. The normalized spacial score (nSPS) is 38.8. The molecule has 0 radical (unpaired) electrons. The summed E-state index contributed by atoms with van der Waals surface area (Å²) in [4.78, 5) is 2.51. The molecule has 3 heteroatoms. The summed E-state index contributed by atoms with van der Waals surface area (Å²) in [7, 11) is 0. The van der Waals surface area contributed by atoms with Gasteiger partial charge in [-0.1, -0.05) is 0 Å². The summed E-state index contributed by atoms with van der Waals surface area (Å²) in [5, 5.41) is 9.63. The highest BCUT2D eigenvalue weighted by atomic mass is 16.5. The average Bonchev–Trinajstić information content (AvgIpc) is 2.45. The van der Waals surface area contributed by atoms with E-state index in [-0.39, 0.29) is 17.3 Å². The van der Waals surface area contributed by atoms with E-state index in [1.165, 1.54) is 0 Å². The molecule has 2 aliphatic rings. The summed E-state index contributed by atoms with van der Waals surface area (Å²) in [5.74, 6) is 0. The van der Waals surface area contributed by atoms with Crippen molar-refractivity contribution < 1.29 is 9.84 Å². The fourth-order valence-corrected chi connectivity index (χ4v) is 3.37. The number of aliphatic hydroxyl groups excluding tert-OH is 1. The van der Waals surface area contributed by atoms with Crippen LogP contribution in [0.25, 0.3) is 0 Å². The van der Waals surface area contributed by atoms with Gasteiger partial charge in [-0.2, -0.15) is 0 Å². The second kappa shape index (κ2) is 3.97. The van der Waals surface area contributed by atoms with Crippen molar-refractivity contribution in [2.24, 2.45) is 0 Å². The van der Waals surface area contributed by atoms with Crippen LogP contribution in [-0.2, 0) is 4.74 Å². The van der Waals surface area contributed by atoms with E-state index in [1.807, 2.05) is 0 Å². The van der Waals surface area contributed by atoms with Gasteiger partial charge in [0.05, 0.1) is 17.3 Å². The van der Waals surface area contributed by atoms with Crippen LogP contribution < -0.4 is 0 Å². The largest absolute Gasteiger partial charge is 0.393 e. The van der Waals surface area contributed by atoms with Crippen LogP contribution in [0.1, 0.15) is 47.0 Å². The smallest absolute Gasteiger partial charge is 0.0760 e. The zero-order valence-corrected chi connectivity index (χ0v) is 11.0. The molecule has 3 nitrogen and oxygen atoms in total. The third-order valence-corrected chi connectivity index (χ3v) is 3.61. The number of morpholine rings is 1. The van der Waals surface area contributed by atoms with Crippen molar-refractivity contribution in [2.45, 2.75) is 70.3 Å². The number of aliphatic hydroxyl groups is 1. The maximum Gasteiger partial charge on any atom is 0.0760 e. The van der Waals surface area contributed by atoms with E-state index in [1.54, 1.807) is 0 Å². The van der Waals surface area contributed by atoms with Crippen LogP contribution in [0.5, 0.6) is 0 Å². The molecular weight excluding hydrogens is 202 g/mol. The summed E-state index contributed by atoms with van der Waals surface area (Å²) in [5.41, 5.74) is -0.148. The maximum absolute atomic E-state index is 9.63. The van der Waals surface area contributed by atoms with Gasteiger partial charge in [-0.05, 0) is 47.0 Å². The van der Waals surface area contributed by atoms with Crippen molar-refractivity contribution in [1.82, 2.24) is 4.90 Å². The summed E-state index contributed by atoms with van der Waals surface area (Å²) < 4.78 is 6.07. The van der Waals surface area contributed by atoms with Crippen molar-refractivity contribution in [1.29, 1.82) is 0 Å². The van der Waals surface area contributed by atoms with E-state index in [9.17, 15) is 5.11 Å². The molecule has 1 saturated carbocycles. The lowest BCUT2D eigenvalue weighted by Crippen LogP contribution is -2.59. The Morgan fingerprint density at radius 3 is 2.06 bits per heavy atom. The van der Waals surface area contributed by atoms with Gasteiger partial charge in [-0.3, -0.25) is 4.90 Å². The number of rotatable bonds is 1. The molecule has 16 heavy (non-hydrogen) atoms. The molecule has 0 bridgehead atoms. The highest BCUT2D eigenvalue weighted by Gasteiger charge is 2.41. The Balaban J connectivity index is 2.04. The van der Waals surface area contributed by atoms with Gasteiger partial charge in [0.25, 0.3) is 0 Å². The third kappa shape index (κ3) is 2.76. The van der Waals surface area contributed by atoms with Gasteiger partial charge in [0, 0.05) is 19.1 Å². The van der Waals surface area contributed by atoms with Gasteiger partial charge in [-0.15, -0.1) is 0 Å². The summed E-state index contributed by atoms with van der Waals surface area (Å²) in [6.07, 6.45) is 2.95. The highest BCUT2D eigenvalue weighted by Crippen LogP contribution is 2.33. The Kier molecular flexibility index (Phi) is 3.06. The van der Waals surface area contributed by atoms with E-state index in [2.05, 4.69) is 32.6 Å². The molecule has 0 aromatic carbocycles. The van der Waals surface area contributed by atoms with E-state index in [0.29, 0.717) is 6.04 Å². The molecule has 2 atom stereocenters. The zero-order chi connectivity index (χ0) is 12.0. The Morgan fingerprint density at radius 1 is 1.06 bits per heavy atom. The van der Waals surface area contributed by atoms with Crippen molar-refractivity contribution in [3.8, 4) is 0 Å². The summed E-state index contributed by atoms with van der Waals surface area (Å²) >= 11 is 0. The highest BCUT2D eigenvalue weighted by molar-refractivity contribution is 4.94. The van der Waals surface area contributed by atoms with Crippen LogP contribution in [0, 0.1) is 0 Å². The monoisotopic (exact) mass is 227 g/mol. The number of hydrogen-bond acceptors (Lipinski definition) is 3. The molecule has 0 amide bonds. The molecule has 0 aromatic rings. The first-order valence-electron chi connectivity index (χ1n) is 6.40. The minimum absolute atomic E-state index is 0.0741.